The Bertz CT molecular complexity index is 1450. The minimum atomic E-state index is -3.78. The molecule has 11 heteroatoms. The smallest absolute Gasteiger partial charge is 0.407 e. The number of sulfone groups is 1. The van der Waals surface area contributed by atoms with Gasteiger partial charge < -0.3 is 20.3 Å². The molecule has 3 unspecified atom stereocenters. The zero-order valence-electron chi connectivity index (χ0n) is 23.6. The first-order chi connectivity index (χ1) is 19.6. The summed E-state index contributed by atoms with van der Waals surface area (Å²) in [7, 11) is -3.78. The number of alkyl carbamates (subject to hydrolysis) is 1. The lowest BCUT2D eigenvalue weighted by atomic mass is 9.89. The van der Waals surface area contributed by atoms with Crippen LogP contribution in [0.1, 0.15) is 43.9 Å². The highest BCUT2D eigenvalue weighted by Crippen LogP contribution is 2.29. The van der Waals surface area contributed by atoms with Crippen molar-refractivity contribution in [2.45, 2.75) is 68.4 Å². The maximum atomic E-state index is 13.0. The third kappa shape index (κ3) is 10.0. The topological polar surface area (TPSA) is 130 Å². The number of aliphatic carboxylic acids is 1. The molecule has 0 aliphatic heterocycles. The van der Waals surface area contributed by atoms with Crippen molar-refractivity contribution in [1.29, 1.82) is 0 Å². The third-order valence-electron chi connectivity index (χ3n) is 6.50. The Labute approximate surface area is 256 Å². The molecule has 0 spiro atoms. The van der Waals surface area contributed by atoms with Gasteiger partial charge in [-0.3, -0.25) is 4.79 Å². The van der Waals surface area contributed by atoms with E-state index in [0.29, 0.717) is 11.1 Å². The van der Waals surface area contributed by atoms with Gasteiger partial charge in [0.1, 0.15) is 5.60 Å². The van der Waals surface area contributed by atoms with Gasteiger partial charge >= 0.3 is 12.1 Å². The fourth-order valence-corrected chi connectivity index (χ4v) is 6.50. The van der Waals surface area contributed by atoms with Crippen LogP contribution in [0.3, 0.4) is 0 Å². The van der Waals surface area contributed by atoms with Crippen molar-refractivity contribution in [3.63, 3.8) is 0 Å². The Morgan fingerprint density at radius 3 is 2.00 bits per heavy atom. The number of carbonyl (C=O) groups is 2. The maximum absolute atomic E-state index is 13.0. The van der Waals surface area contributed by atoms with Gasteiger partial charge in [0.15, 0.2) is 9.84 Å². The van der Waals surface area contributed by atoms with Crippen LogP contribution < -0.4 is 5.32 Å². The molecule has 3 aromatic carbocycles. The van der Waals surface area contributed by atoms with Crippen molar-refractivity contribution in [3.05, 3.63) is 99.5 Å². The number of aliphatic hydroxyl groups is 1. The monoisotopic (exact) mass is 635 g/mol. The molecule has 3 rings (SSSR count). The molecule has 0 aromatic heterocycles. The summed E-state index contributed by atoms with van der Waals surface area (Å²) in [6.07, 6.45) is -1.79. The molecular formula is C31H35Cl2NO7S. The second-order valence-corrected chi connectivity index (χ2v) is 13.9. The molecule has 1 amide bonds. The molecule has 42 heavy (non-hydrogen) atoms. The van der Waals surface area contributed by atoms with Gasteiger partial charge in [0.05, 0.1) is 28.7 Å². The predicted molar refractivity (Wildman–Crippen MR) is 163 cm³/mol. The van der Waals surface area contributed by atoms with Gasteiger partial charge in [0, 0.05) is 15.6 Å². The molecule has 3 N–H and O–H groups in total. The number of hydrogen-bond donors (Lipinski definition) is 3. The number of aliphatic hydroxyl groups excluding tert-OH is 1. The summed E-state index contributed by atoms with van der Waals surface area (Å²) in [5, 5.41) is 24.2. The fourth-order valence-electron chi connectivity index (χ4n) is 4.40. The molecule has 0 aliphatic rings. The van der Waals surface area contributed by atoms with Crippen LogP contribution in [0.15, 0.2) is 77.7 Å². The number of halogens is 2. The zero-order valence-corrected chi connectivity index (χ0v) is 25.9. The van der Waals surface area contributed by atoms with Crippen LogP contribution in [-0.4, -0.2) is 48.4 Å². The van der Waals surface area contributed by atoms with Gasteiger partial charge in [-0.2, -0.15) is 0 Å². The van der Waals surface area contributed by atoms with E-state index < -0.39 is 45.6 Å². The van der Waals surface area contributed by atoms with Gasteiger partial charge in [0.2, 0.25) is 0 Å². The van der Waals surface area contributed by atoms with Crippen LogP contribution >= 0.6 is 23.2 Å². The third-order valence-corrected chi connectivity index (χ3v) is 8.87. The summed E-state index contributed by atoms with van der Waals surface area (Å²) in [5.41, 5.74) is 0.966. The predicted octanol–water partition coefficient (Wildman–Crippen LogP) is 6.10. The van der Waals surface area contributed by atoms with Crippen LogP contribution in [0.5, 0.6) is 0 Å². The van der Waals surface area contributed by atoms with Crippen molar-refractivity contribution in [1.82, 2.24) is 5.32 Å². The highest BCUT2D eigenvalue weighted by atomic mass is 35.5. The molecule has 0 bridgehead atoms. The van der Waals surface area contributed by atoms with E-state index in [1.54, 1.807) is 51.1 Å². The van der Waals surface area contributed by atoms with Crippen LogP contribution in [0.25, 0.3) is 0 Å². The largest absolute Gasteiger partial charge is 0.481 e. The van der Waals surface area contributed by atoms with E-state index in [-0.39, 0.29) is 40.0 Å². The number of nitrogens with one attached hydrogen (secondary N) is 1. The van der Waals surface area contributed by atoms with Crippen molar-refractivity contribution in [2.75, 3.05) is 0 Å². The Balaban J connectivity index is 1.74. The van der Waals surface area contributed by atoms with Crippen molar-refractivity contribution in [3.8, 4) is 0 Å². The summed E-state index contributed by atoms with van der Waals surface area (Å²) < 4.78 is 31.4. The van der Waals surface area contributed by atoms with Crippen LogP contribution in [0.2, 0.25) is 10.0 Å². The summed E-state index contributed by atoms with van der Waals surface area (Å²) in [6, 6.07) is 19.1. The molecule has 0 saturated heterocycles. The number of hydrogen-bond acceptors (Lipinski definition) is 6. The van der Waals surface area contributed by atoms with Crippen LogP contribution in [0.4, 0.5) is 4.79 Å². The lowest BCUT2D eigenvalue weighted by Gasteiger charge is -2.28. The SMILES string of the molecule is CC(C)(C)OC(=O)NC(Cc1ccccc1)C(O)CC(Cc1ccc(S(=O)(=O)Cc2c(Cl)cccc2Cl)cc1)C(=O)O. The van der Waals surface area contributed by atoms with Gasteiger partial charge in [-0.25, -0.2) is 13.2 Å². The molecule has 3 aromatic rings. The molecule has 0 heterocycles. The second kappa shape index (κ2) is 14.4. The van der Waals surface area contributed by atoms with Crippen molar-refractivity contribution >= 4 is 45.1 Å². The Morgan fingerprint density at radius 1 is 0.881 bits per heavy atom. The number of carboxylic acids is 1. The molecule has 0 saturated carbocycles. The standard InChI is InChI=1S/C31H35Cl2NO7S/c1-31(2,3)41-30(38)34-27(17-20-8-5-4-6-9-20)28(35)18-22(29(36)37)16-21-12-14-23(15-13-21)42(39,40)19-24-25(32)10-7-11-26(24)33/h4-15,22,27-28,35H,16-19H2,1-3H3,(H,34,38)(H,36,37). The fraction of sp³-hybridized carbons (Fsp3) is 0.355. The molecule has 226 valence electrons. The minimum absolute atomic E-state index is 0.0353. The van der Waals surface area contributed by atoms with Gasteiger partial charge in [0.25, 0.3) is 0 Å². The lowest BCUT2D eigenvalue weighted by molar-refractivity contribution is -0.143. The number of rotatable bonds is 12. The molecule has 0 fully saturated rings. The number of benzene rings is 3. The van der Waals surface area contributed by atoms with E-state index in [1.807, 2.05) is 30.3 Å². The first kappa shape index (κ1) is 33.4. The minimum Gasteiger partial charge on any atom is -0.481 e. The number of carboxylic acid groups (broad SMARTS) is 1. The first-order valence-electron chi connectivity index (χ1n) is 13.3. The van der Waals surface area contributed by atoms with E-state index in [0.717, 1.165) is 5.56 Å². The molecule has 3 atom stereocenters. The first-order valence-corrected chi connectivity index (χ1v) is 15.7. The lowest BCUT2D eigenvalue weighted by Crippen LogP contribution is -2.47. The summed E-state index contributed by atoms with van der Waals surface area (Å²) in [4.78, 5) is 24.7. The van der Waals surface area contributed by atoms with Crippen molar-refractivity contribution in [2.24, 2.45) is 5.92 Å². The highest BCUT2D eigenvalue weighted by Gasteiger charge is 2.30. The summed E-state index contributed by atoms with van der Waals surface area (Å²) in [6.45, 7) is 5.16. The Morgan fingerprint density at radius 2 is 1.45 bits per heavy atom. The molecule has 0 radical (unpaired) electrons. The quantitative estimate of drug-likeness (QED) is 0.219. The molecule has 0 aliphatic carbocycles. The average molecular weight is 637 g/mol. The highest BCUT2D eigenvalue weighted by molar-refractivity contribution is 7.90. The van der Waals surface area contributed by atoms with E-state index in [4.69, 9.17) is 27.9 Å². The zero-order chi connectivity index (χ0) is 31.1. The normalized spacial score (nSPS) is 14.0. The number of carbonyl (C=O) groups excluding carboxylic acids is 1. The van der Waals surface area contributed by atoms with E-state index in [1.165, 1.54) is 12.1 Å². The number of ether oxygens (including phenoxy) is 1. The second-order valence-electron chi connectivity index (χ2n) is 11.1. The molecular weight excluding hydrogens is 601 g/mol. The number of amides is 1. The average Bonchev–Trinajstić information content (AvgIpc) is 2.90. The molecule has 8 nitrogen and oxygen atoms in total. The van der Waals surface area contributed by atoms with Gasteiger partial charge in [-0.1, -0.05) is 71.7 Å². The van der Waals surface area contributed by atoms with Crippen molar-refractivity contribution < 1.29 is 33.0 Å². The Kier molecular flexibility index (Phi) is 11.4. The Hall–Kier alpha value is -3.11. The summed E-state index contributed by atoms with van der Waals surface area (Å²) in [5.74, 6) is -2.53. The van der Waals surface area contributed by atoms with E-state index in [9.17, 15) is 28.2 Å². The van der Waals surface area contributed by atoms with Crippen LogP contribution in [0, 0.1) is 5.92 Å². The van der Waals surface area contributed by atoms with E-state index in [2.05, 4.69) is 5.32 Å². The van der Waals surface area contributed by atoms with Gasteiger partial charge in [-0.15, -0.1) is 0 Å². The maximum Gasteiger partial charge on any atom is 0.407 e. The van der Waals surface area contributed by atoms with E-state index >= 15 is 0 Å². The van der Waals surface area contributed by atoms with Crippen LogP contribution in [-0.2, 0) is 38.0 Å². The van der Waals surface area contributed by atoms with Gasteiger partial charge in [-0.05, 0) is 75.4 Å². The summed E-state index contributed by atoms with van der Waals surface area (Å²) >= 11 is 12.3.